The van der Waals surface area contributed by atoms with Crippen LogP contribution in [0.3, 0.4) is 0 Å². The Morgan fingerprint density at radius 1 is 1.04 bits per heavy atom. The van der Waals surface area contributed by atoms with Crippen LogP contribution >= 0.6 is 0 Å². The summed E-state index contributed by atoms with van der Waals surface area (Å²) in [7, 11) is 0. The molecule has 28 heavy (non-hydrogen) atoms. The minimum absolute atomic E-state index is 0.0201. The molecule has 0 unspecified atom stereocenters. The highest BCUT2D eigenvalue weighted by Crippen LogP contribution is 2.32. The van der Waals surface area contributed by atoms with E-state index in [1.165, 1.54) is 0 Å². The Balaban J connectivity index is 1.61. The molecule has 144 valence electrons. The molecule has 0 bridgehead atoms. The van der Waals surface area contributed by atoms with Gasteiger partial charge in [-0.2, -0.15) is 0 Å². The van der Waals surface area contributed by atoms with Crippen LogP contribution in [0.1, 0.15) is 41.6 Å². The molecule has 0 saturated heterocycles. The van der Waals surface area contributed by atoms with Crippen LogP contribution in [0.2, 0.25) is 0 Å². The molecule has 0 radical (unpaired) electrons. The van der Waals surface area contributed by atoms with Crippen molar-refractivity contribution in [2.24, 2.45) is 5.73 Å². The molecule has 1 aliphatic carbocycles. The van der Waals surface area contributed by atoms with Crippen LogP contribution in [0.15, 0.2) is 54.6 Å². The van der Waals surface area contributed by atoms with Crippen molar-refractivity contribution >= 4 is 16.7 Å². The number of hydrogen-bond acceptors (Lipinski definition) is 3. The summed E-state index contributed by atoms with van der Waals surface area (Å²) in [5.41, 5.74) is 9.63. The molecule has 0 atom stereocenters. The maximum atomic E-state index is 12.7. The molecule has 3 aromatic carbocycles. The zero-order chi connectivity index (χ0) is 19.7. The smallest absolute Gasteiger partial charge is 0.251 e. The zero-order valence-electron chi connectivity index (χ0n) is 16.1. The second kappa shape index (κ2) is 7.64. The van der Waals surface area contributed by atoms with Gasteiger partial charge >= 0.3 is 0 Å². The van der Waals surface area contributed by atoms with Crippen molar-refractivity contribution in [3.8, 4) is 16.9 Å². The van der Waals surface area contributed by atoms with Crippen molar-refractivity contribution in [2.45, 2.75) is 44.7 Å². The lowest BCUT2D eigenvalue weighted by atomic mass is 9.91. The van der Waals surface area contributed by atoms with Crippen molar-refractivity contribution in [3.05, 3.63) is 65.7 Å². The van der Waals surface area contributed by atoms with E-state index in [4.69, 9.17) is 5.73 Å². The predicted octanol–water partition coefficient (Wildman–Crippen LogP) is 4.52. The number of phenolic OH excluding ortho intramolecular Hbond substituents is 1. The first kappa shape index (κ1) is 18.5. The third-order valence-corrected chi connectivity index (χ3v) is 5.76. The number of phenols is 1. The fraction of sp³-hybridized carbons (Fsp3) is 0.292. The Labute approximate surface area is 165 Å². The van der Waals surface area contributed by atoms with Crippen molar-refractivity contribution in [2.75, 3.05) is 0 Å². The first-order valence-electron chi connectivity index (χ1n) is 9.90. The monoisotopic (exact) mass is 374 g/mol. The van der Waals surface area contributed by atoms with Crippen LogP contribution in [0.5, 0.6) is 5.75 Å². The van der Waals surface area contributed by atoms with Gasteiger partial charge in [0.05, 0.1) is 0 Å². The van der Waals surface area contributed by atoms with Crippen molar-refractivity contribution in [1.82, 2.24) is 5.32 Å². The molecule has 4 N–H and O–H groups in total. The summed E-state index contributed by atoms with van der Waals surface area (Å²) in [6.07, 6.45) is 3.84. The van der Waals surface area contributed by atoms with E-state index in [1.807, 2.05) is 49.4 Å². The van der Waals surface area contributed by atoms with Crippen LogP contribution in [0.25, 0.3) is 21.9 Å². The quantitative estimate of drug-likeness (QED) is 0.631. The number of aryl methyl sites for hydroxylation is 1. The molecule has 4 heteroatoms. The molecule has 0 aromatic heterocycles. The van der Waals surface area contributed by atoms with Gasteiger partial charge in [0.25, 0.3) is 5.91 Å². The van der Waals surface area contributed by atoms with Crippen LogP contribution in [0, 0.1) is 6.92 Å². The number of nitrogens with one attached hydrogen (secondary N) is 1. The second-order valence-electron chi connectivity index (χ2n) is 7.83. The molecule has 1 aliphatic rings. The molecular weight excluding hydrogens is 348 g/mol. The predicted molar refractivity (Wildman–Crippen MR) is 113 cm³/mol. The third kappa shape index (κ3) is 3.73. The highest BCUT2D eigenvalue weighted by molar-refractivity contribution is 6.02. The van der Waals surface area contributed by atoms with E-state index < -0.39 is 0 Å². The van der Waals surface area contributed by atoms with Gasteiger partial charge in [0, 0.05) is 17.6 Å². The largest absolute Gasteiger partial charge is 0.508 e. The average Bonchev–Trinajstić information content (AvgIpc) is 2.71. The molecule has 1 amide bonds. The SMILES string of the molecule is Cc1cc(-c2cccc3cc(C(=O)NC4CCC(N)CC4)ccc23)ccc1O. The summed E-state index contributed by atoms with van der Waals surface area (Å²) in [5, 5.41) is 15.1. The van der Waals surface area contributed by atoms with Gasteiger partial charge in [0.2, 0.25) is 0 Å². The Bertz CT molecular complexity index is 1020. The first-order chi connectivity index (χ1) is 13.5. The van der Waals surface area contributed by atoms with Gasteiger partial charge in [0.15, 0.2) is 0 Å². The lowest BCUT2D eigenvalue weighted by Crippen LogP contribution is -2.40. The molecular formula is C24H26N2O2. The number of amides is 1. The Morgan fingerprint density at radius 2 is 1.82 bits per heavy atom. The maximum Gasteiger partial charge on any atom is 0.251 e. The lowest BCUT2D eigenvalue weighted by Gasteiger charge is -2.26. The number of fused-ring (bicyclic) bond motifs is 1. The van der Waals surface area contributed by atoms with Gasteiger partial charge in [-0.15, -0.1) is 0 Å². The molecule has 3 aromatic rings. The van der Waals surface area contributed by atoms with E-state index in [9.17, 15) is 9.90 Å². The number of aromatic hydroxyl groups is 1. The lowest BCUT2D eigenvalue weighted by molar-refractivity contribution is 0.0926. The number of rotatable bonds is 3. The standard InChI is InChI=1S/C24H26N2O2/c1-15-13-17(6-12-23(15)27)21-4-2-3-16-14-18(5-11-22(16)21)24(28)26-20-9-7-19(25)8-10-20/h2-6,11-14,19-20,27H,7-10,25H2,1H3,(H,26,28). The highest BCUT2D eigenvalue weighted by atomic mass is 16.3. The van der Waals surface area contributed by atoms with E-state index in [-0.39, 0.29) is 18.0 Å². The van der Waals surface area contributed by atoms with E-state index in [0.29, 0.717) is 11.3 Å². The number of benzene rings is 3. The van der Waals surface area contributed by atoms with Gasteiger partial charge < -0.3 is 16.2 Å². The van der Waals surface area contributed by atoms with E-state index in [1.54, 1.807) is 6.07 Å². The zero-order valence-corrected chi connectivity index (χ0v) is 16.1. The van der Waals surface area contributed by atoms with E-state index in [0.717, 1.165) is 53.1 Å². The van der Waals surface area contributed by atoms with Crippen LogP contribution < -0.4 is 11.1 Å². The third-order valence-electron chi connectivity index (χ3n) is 5.76. The Morgan fingerprint density at radius 3 is 2.57 bits per heavy atom. The first-order valence-corrected chi connectivity index (χ1v) is 9.90. The van der Waals surface area contributed by atoms with Crippen molar-refractivity contribution < 1.29 is 9.90 Å². The van der Waals surface area contributed by atoms with Gasteiger partial charge in [-0.1, -0.05) is 30.3 Å². The number of nitrogens with two attached hydrogens (primary N) is 1. The fourth-order valence-electron chi connectivity index (χ4n) is 4.03. The topological polar surface area (TPSA) is 75.4 Å². The number of hydrogen-bond donors (Lipinski definition) is 3. The van der Waals surface area contributed by atoms with Crippen LogP contribution in [-0.4, -0.2) is 23.1 Å². The summed E-state index contributed by atoms with van der Waals surface area (Å²) >= 11 is 0. The van der Waals surface area contributed by atoms with Crippen molar-refractivity contribution in [3.63, 3.8) is 0 Å². The van der Waals surface area contributed by atoms with E-state index >= 15 is 0 Å². The summed E-state index contributed by atoms with van der Waals surface area (Å²) in [6, 6.07) is 18.1. The summed E-state index contributed by atoms with van der Waals surface area (Å²) in [6.45, 7) is 1.89. The van der Waals surface area contributed by atoms with Crippen LogP contribution in [0.4, 0.5) is 0 Å². The second-order valence-corrected chi connectivity index (χ2v) is 7.83. The molecule has 4 nitrogen and oxygen atoms in total. The minimum Gasteiger partial charge on any atom is -0.508 e. The van der Waals surface area contributed by atoms with Crippen molar-refractivity contribution in [1.29, 1.82) is 0 Å². The molecule has 1 saturated carbocycles. The summed E-state index contributed by atoms with van der Waals surface area (Å²) < 4.78 is 0. The summed E-state index contributed by atoms with van der Waals surface area (Å²) in [4.78, 5) is 12.7. The minimum atomic E-state index is -0.0201. The van der Waals surface area contributed by atoms with Gasteiger partial charge in [-0.05, 0) is 84.3 Å². The molecule has 1 fully saturated rings. The highest BCUT2D eigenvalue weighted by Gasteiger charge is 2.20. The number of carbonyl (C=O) groups is 1. The Hall–Kier alpha value is -2.85. The maximum absolute atomic E-state index is 12.7. The summed E-state index contributed by atoms with van der Waals surface area (Å²) in [5.74, 6) is 0.278. The average molecular weight is 374 g/mol. The van der Waals surface area contributed by atoms with Gasteiger partial charge in [-0.3, -0.25) is 4.79 Å². The van der Waals surface area contributed by atoms with Gasteiger partial charge in [-0.25, -0.2) is 0 Å². The molecule has 4 rings (SSSR count). The Kier molecular flexibility index (Phi) is 5.05. The fourth-order valence-corrected chi connectivity index (χ4v) is 4.03. The normalized spacial score (nSPS) is 19.5. The van der Waals surface area contributed by atoms with Gasteiger partial charge in [0.1, 0.15) is 5.75 Å². The molecule has 0 heterocycles. The number of carbonyl (C=O) groups excluding carboxylic acids is 1. The molecule has 0 spiro atoms. The van der Waals surface area contributed by atoms with E-state index in [2.05, 4.69) is 11.4 Å². The van der Waals surface area contributed by atoms with Crippen LogP contribution in [-0.2, 0) is 0 Å². The molecule has 0 aliphatic heterocycles.